The number of aromatic nitrogens is 2. The van der Waals surface area contributed by atoms with E-state index in [1.165, 1.54) is 63.1 Å². The Kier molecular flexibility index (Phi) is 10.2. The minimum atomic E-state index is -0.140. The highest BCUT2D eigenvalue weighted by Crippen LogP contribution is 2.32. The number of unbranched alkanes of at least 4 members (excludes halogenated alkanes) is 1. The monoisotopic (exact) mass is 564 g/mol. The second-order valence-corrected chi connectivity index (χ2v) is 12.8. The van der Waals surface area contributed by atoms with Crippen LogP contribution in [0.25, 0.3) is 10.9 Å². The topological polar surface area (TPSA) is 78.9 Å². The molecule has 0 spiro atoms. The number of aromatic amines is 1. The number of H-pyrrole nitrogens is 1. The Morgan fingerprint density at radius 3 is 2.55 bits per heavy atom. The first kappa shape index (κ1) is 30.4. The first-order valence-electron chi connectivity index (χ1n) is 15.1. The zero-order valence-corrected chi connectivity index (χ0v) is 26.1. The number of carbonyl (C=O) groups is 1. The van der Waals surface area contributed by atoms with E-state index in [0.717, 1.165) is 39.3 Å². The Balaban J connectivity index is 1.47. The van der Waals surface area contributed by atoms with Crippen molar-refractivity contribution >= 4 is 28.6 Å². The van der Waals surface area contributed by atoms with Gasteiger partial charge in [-0.3, -0.25) is 9.59 Å². The Morgan fingerprint density at radius 2 is 1.88 bits per heavy atom. The van der Waals surface area contributed by atoms with Crippen LogP contribution in [0.2, 0.25) is 0 Å². The molecule has 1 fully saturated rings. The number of thioether (sulfide) groups is 1. The van der Waals surface area contributed by atoms with Crippen molar-refractivity contribution in [2.75, 3.05) is 6.26 Å². The Bertz CT molecular complexity index is 1370. The lowest BCUT2D eigenvalue weighted by Gasteiger charge is -2.38. The summed E-state index contributed by atoms with van der Waals surface area (Å²) in [4.78, 5) is 29.9. The van der Waals surface area contributed by atoms with E-state index in [-0.39, 0.29) is 23.6 Å². The molecule has 40 heavy (non-hydrogen) atoms. The number of aryl methyl sites for hydroxylation is 1. The molecule has 0 saturated heterocycles. The third kappa shape index (κ3) is 6.85. The number of nitrogens with zero attached hydrogens (tertiary/aromatic N) is 1. The molecule has 1 amide bonds. The Hall–Kier alpha value is -2.51. The number of hydrogen-bond donors (Lipinski definition) is 3. The summed E-state index contributed by atoms with van der Waals surface area (Å²) in [5.41, 5.74) is 4.36. The number of fused-ring (bicyclic) bond motifs is 1. The van der Waals surface area contributed by atoms with E-state index in [4.69, 9.17) is 0 Å². The summed E-state index contributed by atoms with van der Waals surface area (Å²) in [6.07, 6.45) is 11.7. The van der Waals surface area contributed by atoms with Crippen LogP contribution in [0.4, 0.5) is 0 Å². The van der Waals surface area contributed by atoms with Gasteiger partial charge >= 0.3 is 0 Å². The molecule has 218 valence electrons. The molecule has 0 bridgehead atoms. The standard InChI is InChI=1S/C33H48N4O2S/c1-7-9-18-33(5,8-2)36-25-16-14-24(15-17-25)21-37-23(4)30(26-12-10-11-13-28(26)37)32(39)34-20-27-29(40-6)19-22(3)35-31(27)38/h10-13,19,24-25,36H,7-9,14-18,20-21H2,1-6H3,(H,34,39)(H,35,38). The van der Waals surface area contributed by atoms with Gasteiger partial charge in [0.1, 0.15) is 0 Å². The maximum absolute atomic E-state index is 13.6. The zero-order chi connectivity index (χ0) is 28.9. The normalized spacial score (nSPS) is 19.1. The molecule has 1 aromatic carbocycles. The van der Waals surface area contributed by atoms with Crippen LogP contribution < -0.4 is 16.2 Å². The third-order valence-corrected chi connectivity index (χ3v) is 9.84. The van der Waals surface area contributed by atoms with Gasteiger partial charge in [-0.25, -0.2) is 0 Å². The van der Waals surface area contributed by atoms with Gasteiger partial charge in [0.05, 0.1) is 5.56 Å². The van der Waals surface area contributed by atoms with Crippen molar-refractivity contribution < 1.29 is 4.79 Å². The summed E-state index contributed by atoms with van der Waals surface area (Å²) in [5, 5.41) is 8.05. The smallest absolute Gasteiger partial charge is 0.254 e. The third-order valence-electron chi connectivity index (χ3n) is 9.04. The van der Waals surface area contributed by atoms with Crippen LogP contribution in [0, 0.1) is 19.8 Å². The first-order chi connectivity index (χ1) is 19.2. The molecule has 4 rings (SSSR count). The second-order valence-electron chi connectivity index (χ2n) is 12.0. The largest absolute Gasteiger partial charge is 0.348 e. The number of pyridine rings is 1. The summed E-state index contributed by atoms with van der Waals surface area (Å²) >= 11 is 1.53. The average Bonchev–Trinajstić information content (AvgIpc) is 3.22. The van der Waals surface area contributed by atoms with Gasteiger partial charge in [-0.1, -0.05) is 44.9 Å². The van der Waals surface area contributed by atoms with Gasteiger partial charge in [0.15, 0.2) is 0 Å². The number of para-hydroxylation sites is 1. The van der Waals surface area contributed by atoms with Gasteiger partial charge < -0.3 is 20.2 Å². The van der Waals surface area contributed by atoms with Crippen LogP contribution in [0.15, 0.2) is 40.0 Å². The quantitative estimate of drug-likeness (QED) is 0.205. The molecule has 3 aromatic rings. The fourth-order valence-electron chi connectivity index (χ4n) is 6.40. The maximum atomic E-state index is 13.6. The van der Waals surface area contributed by atoms with Crippen molar-refractivity contribution in [2.24, 2.45) is 5.92 Å². The van der Waals surface area contributed by atoms with Crippen LogP contribution in [-0.4, -0.2) is 33.3 Å². The highest BCUT2D eigenvalue weighted by molar-refractivity contribution is 7.98. The van der Waals surface area contributed by atoms with E-state index in [1.54, 1.807) is 0 Å². The van der Waals surface area contributed by atoms with Crippen LogP contribution in [-0.2, 0) is 13.1 Å². The lowest BCUT2D eigenvalue weighted by molar-refractivity contribution is 0.0951. The molecule has 6 nitrogen and oxygen atoms in total. The number of benzene rings is 1. The number of carbonyl (C=O) groups excluding carboxylic acids is 1. The maximum Gasteiger partial charge on any atom is 0.254 e. The molecule has 1 atom stereocenters. The first-order valence-corrected chi connectivity index (χ1v) is 16.3. The van der Waals surface area contributed by atoms with Crippen LogP contribution in [0.5, 0.6) is 0 Å². The predicted molar refractivity (Wildman–Crippen MR) is 169 cm³/mol. The van der Waals surface area contributed by atoms with E-state index in [2.05, 4.69) is 60.0 Å². The SMILES string of the molecule is CCCCC(C)(CC)NC1CCC(Cn2c(C)c(C(=O)NCc3c(SC)cc(C)[nH]c3=O)c3ccccc32)CC1. The number of nitrogens with one attached hydrogen (secondary N) is 3. The predicted octanol–water partition coefficient (Wildman–Crippen LogP) is 7.11. The summed E-state index contributed by atoms with van der Waals surface area (Å²) < 4.78 is 2.35. The Morgan fingerprint density at radius 1 is 1.15 bits per heavy atom. The van der Waals surface area contributed by atoms with Crippen molar-refractivity contribution in [2.45, 2.75) is 116 Å². The molecular weight excluding hydrogens is 516 g/mol. The molecule has 1 aliphatic rings. The number of rotatable bonds is 12. The van der Waals surface area contributed by atoms with Crippen molar-refractivity contribution in [3.05, 3.63) is 63.2 Å². The van der Waals surface area contributed by atoms with E-state index in [0.29, 0.717) is 17.5 Å². The highest BCUT2D eigenvalue weighted by atomic mass is 32.2. The Labute approximate surface area is 244 Å². The van der Waals surface area contributed by atoms with Crippen molar-refractivity contribution in [1.82, 2.24) is 20.2 Å². The lowest BCUT2D eigenvalue weighted by atomic mass is 9.83. The van der Waals surface area contributed by atoms with Gasteiger partial charge in [0.2, 0.25) is 0 Å². The minimum Gasteiger partial charge on any atom is -0.348 e. The number of hydrogen-bond acceptors (Lipinski definition) is 4. The molecule has 3 N–H and O–H groups in total. The molecule has 7 heteroatoms. The minimum absolute atomic E-state index is 0.127. The average molecular weight is 565 g/mol. The van der Waals surface area contributed by atoms with Crippen molar-refractivity contribution in [3.8, 4) is 0 Å². The summed E-state index contributed by atoms with van der Waals surface area (Å²) in [5.74, 6) is 0.473. The van der Waals surface area contributed by atoms with Gasteiger partial charge in [0.25, 0.3) is 11.5 Å². The van der Waals surface area contributed by atoms with Crippen molar-refractivity contribution in [1.29, 1.82) is 0 Å². The van der Waals surface area contributed by atoms with Crippen LogP contribution in [0.1, 0.15) is 99.4 Å². The highest BCUT2D eigenvalue weighted by Gasteiger charge is 2.29. The van der Waals surface area contributed by atoms with Crippen LogP contribution >= 0.6 is 11.8 Å². The summed E-state index contributed by atoms with van der Waals surface area (Å²) in [6.45, 7) is 12.1. The molecule has 1 unspecified atom stereocenters. The van der Waals surface area contributed by atoms with Gasteiger partial charge in [-0.2, -0.15) is 0 Å². The van der Waals surface area contributed by atoms with Gasteiger partial charge in [-0.15, -0.1) is 11.8 Å². The fraction of sp³-hybridized carbons (Fsp3) is 0.576. The fourth-order valence-corrected chi connectivity index (χ4v) is 7.11. The number of amides is 1. The van der Waals surface area contributed by atoms with E-state index < -0.39 is 0 Å². The molecular formula is C33H48N4O2S. The second kappa shape index (κ2) is 13.4. The molecule has 2 aromatic heterocycles. The zero-order valence-electron chi connectivity index (χ0n) is 25.3. The van der Waals surface area contributed by atoms with Crippen LogP contribution in [0.3, 0.4) is 0 Å². The molecule has 0 aliphatic heterocycles. The van der Waals surface area contributed by atoms with E-state index in [1.807, 2.05) is 31.4 Å². The molecule has 2 heterocycles. The van der Waals surface area contributed by atoms with Gasteiger partial charge in [-0.05, 0) is 83.6 Å². The lowest BCUT2D eigenvalue weighted by Crippen LogP contribution is -2.49. The molecule has 0 radical (unpaired) electrons. The van der Waals surface area contributed by atoms with Gasteiger partial charge in [0, 0.05) is 57.4 Å². The van der Waals surface area contributed by atoms with E-state index >= 15 is 0 Å². The molecule has 1 aliphatic carbocycles. The summed E-state index contributed by atoms with van der Waals surface area (Å²) in [7, 11) is 0. The molecule has 1 saturated carbocycles. The van der Waals surface area contributed by atoms with Crippen molar-refractivity contribution in [3.63, 3.8) is 0 Å². The van der Waals surface area contributed by atoms with E-state index in [9.17, 15) is 9.59 Å². The summed E-state index contributed by atoms with van der Waals surface area (Å²) in [6, 6.07) is 10.8.